The second-order valence-corrected chi connectivity index (χ2v) is 5.24. The van der Waals surface area contributed by atoms with E-state index in [4.69, 9.17) is 0 Å². The Hall–Kier alpha value is -0.500. The third-order valence-electron chi connectivity index (χ3n) is 4.30. The molecule has 3 heteroatoms. The Kier molecular flexibility index (Phi) is 2.94. The van der Waals surface area contributed by atoms with Crippen molar-refractivity contribution in [3.8, 4) is 0 Å². The zero-order valence-corrected chi connectivity index (χ0v) is 10.4. The summed E-state index contributed by atoms with van der Waals surface area (Å²) in [7, 11) is 0. The quantitative estimate of drug-likeness (QED) is 0.701. The number of carboxylic acid groups (broad SMARTS) is 1. The normalized spacial score (nSPS) is 32.5. The van der Waals surface area contributed by atoms with E-state index in [-0.39, 0.29) is 17.8 Å². The summed E-state index contributed by atoms with van der Waals surface area (Å²) in [5.41, 5.74) is 1.96. The average Bonchev–Trinajstić information content (AvgIpc) is 2.54. The van der Waals surface area contributed by atoms with Gasteiger partial charge in [0.1, 0.15) is 0 Å². The monoisotopic (exact) mass is 230 g/mol. The van der Waals surface area contributed by atoms with Crippen LogP contribution in [0.3, 0.4) is 0 Å². The topological polar surface area (TPSA) is 37.3 Å². The van der Waals surface area contributed by atoms with Gasteiger partial charge in [-0.25, -0.2) is 0 Å². The van der Waals surface area contributed by atoms with Gasteiger partial charge in [-0.3, -0.25) is 4.79 Å². The van der Waals surface area contributed by atoms with Gasteiger partial charge in [0.25, 0.3) is 0 Å². The molecule has 2 nitrogen and oxygen atoms in total. The Balaban J connectivity index is 0.00000112. The summed E-state index contributed by atoms with van der Waals surface area (Å²) < 4.78 is 0. The molecule has 0 aromatic heterocycles. The first-order valence-electron chi connectivity index (χ1n) is 5.38. The predicted octanol–water partition coefficient (Wildman–Crippen LogP) is 3.41. The van der Waals surface area contributed by atoms with E-state index in [0.29, 0.717) is 0 Å². The molecule has 0 aliphatic heterocycles. The van der Waals surface area contributed by atoms with Crippen LogP contribution in [-0.4, -0.2) is 11.1 Å². The van der Waals surface area contributed by atoms with E-state index in [1.165, 1.54) is 24.0 Å². The number of hydrogen-bond acceptors (Lipinski definition) is 1. The van der Waals surface area contributed by atoms with Crippen molar-refractivity contribution in [3.63, 3.8) is 0 Å². The molecule has 15 heavy (non-hydrogen) atoms. The molecule has 0 heterocycles. The van der Waals surface area contributed by atoms with Crippen molar-refractivity contribution in [1.29, 1.82) is 0 Å². The molecule has 0 amide bonds. The van der Waals surface area contributed by atoms with Crippen LogP contribution in [0.1, 0.15) is 46.5 Å². The Morgan fingerprint density at radius 3 is 2.00 bits per heavy atom. The minimum Gasteiger partial charge on any atom is -0.481 e. The first-order valence-corrected chi connectivity index (χ1v) is 5.38. The van der Waals surface area contributed by atoms with Crippen LogP contribution in [0.15, 0.2) is 11.1 Å². The summed E-state index contributed by atoms with van der Waals surface area (Å²) in [6.45, 7) is 5.99. The molecule has 1 atom stereocenters. The Labute approximate surface area is 97.2 Å². The van der Waals surface area contributed by atoms with Gasteiger partial charge >= 0.3 is 5.97 Å². The second kappa shape index (κ2) is 3.51. The highest BCUT2D eigenvalue weighted by Gasteiger charge is 2.69. The van der Waals surface area contributed by atoms with Crippen LogP contribution in [0.5, 0.6) is 0 Å². The number of carbonyl (C=O) groups is 1. The van der Waals surface area contributed by atoms with Crippen LogP contribution >= 0.6 is 12.4 Å². The smallest absolute Gasteiger partial charge is 0.314 e. The molecule has 0 spiro atoms. The molecular formula is C12H19ClO2. The number of rotatable bonds is 1. The molecule has 2 fully saturated rings. The standard InChI is InChI=1S/C12H18O2.ClH/c1-11(2)9(8-6-4-5-7-8)12(11,3)10(13)14;/h4-7H2,1-3H3,(H,13,14);1H. The average molecular weight is 231 g/mol. The maximum absolute atomic E-state index is 11.2. The van der Waals surface area contributed by atoms with Gasteiger partial charge in [0.15, 0.2) is 0 Å². The van der Waals surface area contributed by atoms with Gasteiger partial charge in [-0.15, -0.1) is 12.4 Å². The first kappa shape index (κ1) is 12.6. The molecule has 2 aliphatic carbocycles. The largest absolute Gasteiger partial charge is 0.481 e. The summed E-state index contributed by atoms with van der Waals surface area (Å²) in [6, 6.07) is 0. The fourth-order valence-electron chi connectivity index (χ4n) is 3.07. The van der Waals surface area contributed by atoms with Crippen molar-refractivity contribution in [2.24, 2.45) is 10.8 Å². The number of allylic oxidation sites excluding steroid dienone is 1. The maximum Gasteiger partial charge on any atom is 0.314 e. The molecule has 86 valence electrons. The van der Waals surface area contributed by atoms with Crippen molar-refractivity contribution in [2.45, 2.75) is 46.5 Å². The molecular weight excluding hydrogens is 212 g/mol. The number of carboxylic acids is 1. The summed E-state index contributed by atoms with van der Waals surface area (Å²) >= 11 is 0. The van der Waals surface area contributed by atoms with Crippen molar-refractivity contribution < 1.29 is 9.90 Å². The molecule has 1 unspecified atom stereocenters. The molecule has 1 N–H and O–H groups in total. The van der Waals surface area contributed by atoms with E-state index in [1.807, 2.05) is 6.92 Å². The van der Waals surface area contributed by atoms with Gasteiger partial charge in [-0.1, -0.05) is 19.4 Å². The van der Waals surface area contributed by atoms with Gasteiger partial charge < -0.3 is 5.11 Å². The van der Waals surface area contributed by atoms with Gasteiger partial charge in [0.2, 0.25) is 0 Å². The minimum absolute atomic E-state index is 0. The molecule has 0 saturated heterocycles. The van der Waals surface area contributed by atoms with Crippen LogP contribution in [0.4, 0.5) is 0 Å². The maximum atomic E-state index is 11.2. The van der Waals surface area contributed by atoms with E-state index in [2.05, 4.69) is 13.8 Å². The highest BCUT2D eigenvalue weighted by atomic mass is 35.5. The molecule has 0 aromatic rings. The van der Waals surface area contributed by atoms with Crippen molar-refractivity contribution in [1.82, 2.24) is 0 Å². The fourth-order valence-corrected chi connectivity index (χ4v) is 3.07. The summed E-state index contributed by atoms with van der Waals surface area (Å²) in [4.78, 5) is 11.2. The second-order valence-electron chi connectivity index (χ2n) is 5.24. The van der Waals surface area contributed by atoms with Gasteiger partial charge in [-0.05, 0) is 38.2 Å². The van der Waals surface area contributed by atoms with Crippen LogP contribution < -0.4 is 0 Å². The van der Waals surface area contributed by atoms with Crippen LogP contribution in [0.2, 0.25) is 0 Å². The van der Waals surface area contributed by atoms with Gasteiger partial charge in [-0.2, -0.15) is 0 Å². The number of halogens is 1. The highest BCUT2D eigenvalue weighted by molar-refractivity contribution is 5.88. The Morgan fingerprint density at radius 2 is 1.67 bits per heavy atom. The predicted molar refractivity (Wildman–Crippen MR) is 62.3 cm³/mol. The molecule has 2 rings (SSSR count). The Bertz CT molecular complexity index is 323. The van der Waals surface area contributed by atoms with Crippen LogP contribution in [0.25, 0.3) is 0 Å². The highest BCUT2D eigenvalue weighted by Crippen LogP contribution is 2.70. The lowest BCUT2D eigenvalue weighted by Gasteiger charge is -2.05. The SMILES string of the molecule is CC1(C)C(=C2CCCC2)C1(C)C(=O)O.Cl. The molecule has 2 saturated carbocycles. The van der Waals surface area contributed by atoms with E-state index >= 15 is 0 Å². The minimum atomic E-state index is -0.656. The number of hydrogen-bond donors (Lipinski definition) is 1. The van der Waals surface area contributed by atoms with Crippen molar-refractivity contribution in [2.75, 3.05) is 0 Å². The van der Waals surface area contributed by atoms with E-state index in [9.17, 15) is 9.90 Å². The lowest BCUT2D eigenvalue weighted by atomic mass is 9.99. The van der Waals surface area contributed by atoms with Crippen molar-refractivity contribution >= 4 is 18.4 Å². The van der Waals surface area contributed by atoms with Crippen LogP contribution in [0, 0.1) is 10.8 Å². The molecule has 0 radical (unpaired) electrons. The fraction of sp³-hybridized carbons (Fsp3) is 0.750. The zero-order chi connectivity index (χ0) is 10.6. The molecule has 2 aliphatic rings. The van der Waals surface area contributed by atoms with Crippen molar-refractivity contribution in [3.05, 3.63) is 11.1 Å². The Morgan fingerprint density at radius 1 is 1.20 bits per heavy atom. The zero-order valence-electron chi connectivity index (χ0n) is 9.59. The molecule has 0 aromatic carbocycles. The summed E-state index contributed by atoms with van der Waals surface area (Å²) in [6.07, 6.45) is 4.73. The third kappa shape index (κ3) is 1.42. The van der Waals surface area contributed by atoms with Crippen LogP contribution in [-0.2, 0) is 4.79 Å². The first-order chi connectivity index (χ1) is 6.42. The van der Waals surface area contributed by atoms with E-state index < -0.39 is 11.4 Å². The van der Waals surface area contributed by atoms with E-state index in [0.717, 1.165) is 12.8 Å². The lowest BCUT2D eigenvalue weighted by Crippen LogP contribution is -2.16. The van der Waals surface area contributed by atoms with Gasteiger partial charge in [0, 0.05) is 5.41 Å². The lowest BCUT2D eigenvalue weighted by molar-refractivity contribution is -0.143. The molecule has 0 bridgehead atoms. The third-order valence-corrected chi connectivity index (χ3v) is 4.30. The van der Waals surface area contributed by atoms with Gasteiger partial charge in [0.05, 0.1) is 5.41 Å². The van der Waals surface area contributed by atoms with E-state index in [1.54, 1.807) is 0 Å². The number of aliphatic carboxylic acids is 1. The summed E-state index contributed by atoms with van der Waals surface area (Å²) in [5, 5.41) is 9.24. The summed E-state index contributed by atoms with van der Waals surface area (Å²) in [5.74, 6) is -0.656.